The summed E-state index contributed by atoms with van der Waals surface area (Å²) in [5.41, 5.74) is 0.792. The predicted octanol–water partition coefficient (Wildman–Crippen LogP) is 0.365. The van der Waals surface area contributed by atoms with Gasteiger partial charge < -0.3 is 10.4 Å². The molecular formula is C13H13N3O4S. The summed E-state index contributed by atoms with van der Waals surface area (Å²) >= 11 is 0. The molecule has 0 aliphatic rings. The van der Waals surface area contributed by atoms with Crippen LogP contribution in [0.25, 0.3) is 0 Å². The Morgan fingerprint density at radius 2 is 2.05 bits per heavy atom. The van der Waals surface area contributed by atoms with Gasteiger partial charge in [-0.1, -0.05) is 12.1 Å². The summed E-state index contributed by atoms with van der Waals surface area (Å²) in [6.07, 6.45) is 2.53. The quantitative estimate of drug-likeness (QED) is 0.753. The van der Waals surface area contributed by atoms with Crippen LogP contribution in [-0.2, 0) is 16.6 Å². The van der Waals surface area contributed by atoms with E-state index in [1.807, 2.05) is 0 Å². The van der Waals surface area contributed by atoms with Crippen LogP contribution in [-0.4, -0.2) is 24.4 Å². The molecule has 7 nitrogen and oxygen atoms in total. The average Bonchev–Trinajstić information content (AvgIpc) is 2.44. The molecule has 2 rings (SSSR count). The van der Waals surface area contributed by atoms with Crippen molar-refractivity contribution >= 4 is 15.9 Å². The fraction of sp³-hybridized carbons (Fsp3) is 0.0769. The first-order valence-electron chi connectivity index (χ1n) is 5.90. The summed E-state index contributed by atoms with van der Waals surface area (Å²) in [6, 6.07) is 7.24. The molecule has 1 aromatic carbocycles. The van der Waals surface area contributed by atoms with Crippen molar-refractivity contribution in [1.29, 1.82) is 0 Å². The molecule has 21 heavy (non-hydrogen) atoms. The first-order valence-corrected chi connectivity index (χ1v) is 7.45. The van der Waals surface area contributed by atoms with Crippen LogP contribution >= 0.6 is 0 Å². The summed E-state index contributed by atoms with van der Waals surface area (Å²) < 4.78 is 22.5. The molecule has 0 aliphatic carbocycles. The molecule has 0 radical (unpaired) electrons. The zero-order chi connectivity index (χ0) is 15.5. The maximum absolute atomic E-state index is 11.8. The van der Waals surface area contributed by atoms with Gasteiger partial charge in [0.1, 0.15) is 5.75 Å². The van der Waals surface area contributed by atoms with Crippen molar-refractivity contribution in [2.45, 2.75) is 11.4 Å². The number of primary sulfonamides is 1. The average molecular weight is 307 g/mol. The van der Waals surface area contributed by atoms with Crippen molar-refractivity contribution in [3.63, 3.8) is 0 Å². The van der Waals surface area contributed by atoms with Gasteiger partial charge in [-0.25, -0.2) is 13.6 Å². The minimum Gasteiger partial charge on any atom is -0.506 e. The molecule has 0 saturated carbocycles. The number of nitrogens with zero attached hydrogens (tertiary/aromatic N) is 1. The molecule has 2 aromatic rings. The molecule has 1 amide bonds. The minimum absolute atomic E-state index is 0.0201. The number of carbonyl (C=O) groups is 1. The summed E-state index contributed by atoms with van der Waals surface area (Å²) in [4.78, 5) is 15.5. The number of nitrogens with two attached hydrogens (primary N) is 1. The summed E-state index contributed by atoms with van der Waals surface area (Å²) in [7, 11) is -3.78. The second-order valence-electron chi connectivity index (χ2n) is 4.31. The summed E-state index contributed by atoms with van der Waals surface area (Å²) in [6.45, 7) is 0.123. The number of benzene rings is 1. The van der Waals surface area contributed by atoms with E-state index in [9.17, 15) is 18.3 Å². The van der Waals surface area contributed by atoms with Crippen molar-refractivity contribution in [3.05, 3.63) is 53.9 Å². The van der Waals surface area contributed by atoms with E-state index in [0.717, 1.165) is 0 Å². The van der Waals surface area contributed by atoms with Crippen LogP contribution in [0, 0.1) is 0 Å². The molecular weight excluding hydrogens is 294 g/mol. The van der Waals surface area contributed by atoms with E-state index in [2.05, 4.69) is 10.3 Å². The number of nitrogens with one attached hydrogen (secondary N) is 1. The molecule has 0 unspecified atom stereocenters. The molecule has 8 heteroatoms. The maximum atomic E-state index is 11.8. The van der Waals surface area contributed by atoms with Crippen LogP contribution in [0.4, 0.5) is 0 Å². The third kappa shape index (κ3) is 4.01. The number of aromatic hydroxyl groups is 1. The lowest BCUT2D eigenvalue weighted by Gasteiger charge is -2.06. The van der Waals surface area contributed by atoms with Gasteiger partial charge in [0, 0.05) is 12.7 Å². The molecule has 0 saturated heterocycles. The summed E-state index contributed by atoms with van der Waals surface area (Å²) in [5, 5.41) is 16.9. The van der Waals surface area contributed by atoms with Crippen LogP contribution in [0.15, 0.2) is 47.6 Å². The lowest BCUT2D eigenvalue weighted by Crippen LogP contribution is -2.23. The van der Waals surface area contributed by atoms with Gasteiger partial charge in [0.25, 0.3) is 5.91 Å². The van der Waals surface area contributed by atoms with E-state index < -0.39 is 15.9 Å². The molecule has 1 aromatic heterocycles. The van der Waals surface area contributed by atoms with E-state index in [1.165, 1.54) is 36.7 Å². The molecule has 0 fully saturated rings. The molecule has 0 atom stereocenters. The van der Waals surface area contributed by atoms with Gasteiger partial charge in [-0.3, -0.25) is 9.78 Å². The molecule has 0 spiro atoms. The van der Waals surface area contributed by atoms with Crippen molar-refractivity contribution in [1.82, 2.24) is 10.3 Å². The Hall–Kier alpha value is -2.45. The Bertz CT molecular complexity index is 774. The highest BCUT2D eigenvalue weighted by Gasteiger charge is 2.10. The lowest BCUT2D eigenvalue weighted by atomic mass is 10.2. The van der Waals surface area contributed by atoms with Gasteiger partial charge in [-0.15, -0.1) is 0 Å². The van der Waals surface area contributed by atoms with E-state index >= 15 is 0 Å². The van der Waals surface area contributed by atoms with Gasteiger partial charge in [-0.05, 0) is 23.8 Å². The Balaban J connectivity index is 2.08. The molecule has 0 bridgehead atoms. The van der Waals surface area contributed by atoms with Crippen molar-refractivity contribution in [2.75, 3.05) is 0 Å². The Kier molecular flexibility index (Phi) is 4.20. The fourth-order valence-electron chi connectivity index (χ4n) is 1.67. The molecule has 110 valence electrons. The SMILES string of the molecule is NS(=O)(=O)c1cccc(CNC(=O)c2cncc(O)c2)c1. The van der Waals surface area contributed by atoms with E-state index in [1.54, 1.807) is 6.07 Å². The number of carbonyl (C=O) groups excluding carboxylic acids is 1. The van der Waals surface area contributed by atoms with Crippen molar-refractivity contribution < 1.29 is 18.3 Å². The predicted molar refractivity (Wildman–Crippen MR) is 74.9 cm³/mol. The van der Waals surface area contributed by atoms with Crippen LogP contribution in [0.3, 0.4) is 0 Å². The number of hydrogen-bond acceptors (Lipinski definition) is 5. The highest BCUT2D eigenvalue weighted by atomic mass is 32.2. The Morgan fingerprint density at radius 1 is 1.29 bits per heavy atom. The molecule has 0 aliphatic heterocycles. The minimum atomic E-state index is -3.78. The van der Waals surface area contributed by atoms with Crippen molar-refractivity contribution in [3.8, 4) is 5.75 Å². The van der Waals surface area contributed by atoms with Gasteiger partial charge in [-0.2, -0.15) is 0 Å². The highest BCUT2D eigenvalue weighted by molar-refractivity contribution is 7.89. The van der Waals surface area contributed by atoms with Crippen LogP contribution in [0.1, 0.15) is 15.9 Å². The third-order valence-corrected chi connectivity index (χ3v) is 3.58. The molecule has 4 N–H and O–H groups in total. The van der Waals surface area contributed by atoms with Gasteiger partial charge in [0.2, 0.25) is 10.0 Å². The normalized spacial score (nSPS) is 11.1. The fourth-order valence-corrected chi connectivity index (χ4v) is 2.25. The summed E-state index contributed by atoms with van der Waals surface area (Å²) in [5.74, 6) is -0.543. The maximum Gasteiger partial charge on any atom is 0.253 e. The Morgan fingerprint density at radius 3 is 2.71 bits per heavy atom. The van der Waals surface area contributed by atoms with E-state index in [-0.39, 0.29) is 22.8 Å². The van der Waals surface area contributed by atoms with E-state index in [0.29, 0.717) is 5.56 Å². The number of aromatic nitrogens is 1. The standard InChI is InChI=1S/C13H13N3O4S/c14-21(19,20)12-3-1-2-9(4-12)6-16-13(18)10-5-11(17)8-15-7-10/h1-5,7-8,17H,6H2,(H,16,18)(H2,14,19,20). The number of hydrogen-bond donors (Lipinski definition) is 3. The number of amides is 1. The second kappa shape index (κ2) is 5.90. The van der Waals surface area contributed by atoms with Gasteiger partial charge in [0.05, 0.1) is 16.7 Å². The largest absolute Gasteiger partial charge is 0.506 e. The van der Waals surface area contributed by atoms with Crippen LogP contribution in [0.5, 0.6) is 5.75 Å². The van der Waals surface area contributed by atoms with Crippen LogP contribution in [0.2, 0.25) is 0 Å². The van der Waals surface area contributed by atoms with Crippen molar-refractivity contribution in [2.24, 2.45) is 5.14 Å². The Labute approximate surface area is 121 Å². The number of pyridine rings is 1. The highest BCUT2D eigenvalue weighted by Crippen LogP contribution is 2.11. The monoisotopic (exact) mass is 307 g/mol. The second-order valence-corrected chi connectivity index (χ2v) is 5.87. The van der Waals surface area contributed by atoms with Gasteiger partial charge >= 0.3 is 0 Å². The van der Waals surface area contributed by atoms with E-state index in [4.69, 9.17) is 5.14 Å². The first kappa shape index (κ1) is 14.9. The molecule has 1 heterocycles. The zero-order valence-corrected chi connectivity index (χ0v) is 11.7. The first-order chi connectivity index (χ1) is 9.86. The lowest BCUT2D eigenvalue weighted by molar-refractivity contribution is 0.0950. The number of sulfonamides is 1. The van der Waals surface area contributed by atoms with Gasteiger partial charge in [0.15, 0.2) is 0 Å². The topological polar surface area (TPSA) is 122 Å². The smallest absolute Gasteiger partial charge is 0.253 e. The van der Waals surface area contributed by atoms with Crippen LogP contribution < -0.4 is 10.5 Å². The number of rotatable bonds is 4. The zero-order valence-electron chi connectivity index (χ0n) is 10.9. The third-order valence-electron chi connectivity index (χ3n) is 2.67.